The van der Waals surface area contributed by atoms with Gasteiger partial charge in [-0.25, -0.2) is 0 Å². The fourth-order valence-corrected chi connectivity index (χ4v) is 3.44. The Bertz CT molecular complexity index is 344. The van der Waals surface area contributed by atoms with Crippen LogP contribution in [0.25, 0.3) is 0 Å². The molecule has 0 amide bonds. The topological polar surface area (TPSA) is 26.0 Å². The molecule has 0 radical (unpaired) electrons. The Morgan fingerprint density at radius 2 is 1.71 bits per heavy atom. The van der Waals surface area contributed by atoms with Crippen molar-refractivity contribution in [1.29, 1.82) is 0 Å². The zero-order valence-corrected chi connectivity index (χ0v) is 11.2. The molecule has 1 aliphatic carbocycles. The summed E-state index contributed by atoms with van der Waals surface area (Å²) in [6, 6.07) is 6.99. The normalized spacial score (nSPS) is 18.5. The Kier molecular flexibility index (Phi) is 4.22. The first-order chi connectivity index (χ1) is 8.20. The van der Waals surface area contributed by atoms with Crippen LogP contribution in [0.5, 0.6) is 0 Å². The molecule has 17 heavy (non-hydrogen) atoms. The molecule has 1 nitrogen and oxygen atoms in total. The minimum Gasteiger partial charge on any atom is -0.330 e. The highest BCUT2D eigenvalue weighted by Crippen LogP contribution is 2.39. The summed E-state index contributed by atoms with van der Waals surface area (Å²) in [4.78, 5) is 0. The molecule has 1 aliphatic rings. The van der Waals surface area contributed by atoms with Crippen molar-refractivity contribution in [3.63, 3.8) is 0 Å². The molecular weight excluding hydrogens is 206 g/mol. The van der Waals surface area contributed by atoms with Crippen molar-refractivity contribution in [2.45, 2.75) is 51.9 Å². The second-order valence-corrected chi connectivity index (χ2v) is 5.65. The van der Waals surface area contributed by atoms with Gasteiger partial charge < -0.3 is 5.73 Å². The van der Waals surface area contributed by atoms with E-state index in [1.165, 1.54) is 42.4 Å². The summed E-state index contributed by atoms with van der Waals surface area (Å²) < 4.78 is 0. The van der Waals surface area contributed by atoms with Crippen LogP contribution in [0.3, 0.4) is 0 Å². The van der Waals surface area contributed by atoms with Crippen LogP contribution in [0.2, 0.25) is 0 Å². The van der Waals surface area contributed by atoms with E-state index in [4.69, 9.17) is 5.73 Å². The van der Waals surface area contributed by atoms with Gasteiger partial charge in [0.1, 0.15) is 0 Å². The minimum absolute atomic E-state index is 0.695. The van der Waals surface area contributed by atoms with Gasteiger partial charge in [0.05, 0.1) is 0 Å². The van der Waals surface area contributed by atoms with E-state index >= 15 is 0 Å². The Balaban J connectivity index is 2.24. The third-order valence-electron chi connectivity index (χ3n) is 4.12. The van der Waals surface area contributed by atoms with E-state index in [1.807, 2.05) is 0 Å². The second kappa shape index (κ2) is 5.68. The van der Waals surface area contributed by atoms with Gasteiger partial charge >= 0.3 is 0 Å². The molecule has 1 unspecified atom stereocenters. The summed E-state index contributed by atoms with van der Waals surface area (Å²) in [5.74, 6) is 1.57. The summed E-state index contributed by atoms with van der Waals surface area (Å²) in [6.07, 6.45) is 6.77. The molecule has 1 aromatic carbocycles. The molecule has 2 N–H and O–H groups in total. The predicted molar refractivity (Wildman–Crippen MR) is 74.3 cm³/mol. The van der Waals surface area contributed by atoms with E-state index < -0.39 is 0 Å². The van der Waals surface area contributed by atoms with Crippen LogP contribution in [-0.4, -0.2) is 6.54 Å². The van der Waals surface area contributed by atoms with Gasteiger partial charge in [-0.2, -0.15) is 0 Å². The molecule has 1 heteroatoms. The zero-order valence-electron chi connectivity index (χ0n) is 11.2. The molecule has 0 bridgehead atoms. The van der Waals surface area contributed by atoms with Crippen molar-refractivity contribution in [2.24, 2.45) is 11.7 Å². The number of benzene rings is 1. The maximum atomic E-state index is 5.81. The molecule has 0 aliphatic heterocycles. The van der Waals surface area contributed by atoms with Crippen LogP contribution in [0.15, 0.2) is 18.2 Å². The third-order valence-corrected chi connectivity index (χ3v) is 4.12. The number of hydrogen-bond donors (Lipinski definition) is 1. The van der Waals surface area contributed by atoms with Crippen molar-refractivity contribution >= 4 is 0 Å². The summed E-state index contributed by atoms with van der Waals surface area (Å²) in [7, 11) is 0. The lowest BCUT2D eigenvalue weighted by Gasteiger charge is -2.24. The number of aryl methyl sites for hydroxylation is 2. The van der Waals surface area contributed by atoms with Gasteiger partial charge in [0, 0.05) is 0 Å². The van der Waals surface area contributed by atoms with Gasteiger partial charge in [-0.1, -0.05) is 42.2 Å². The summed E-state index contributed by atoms with van der Waals surface area (Å²) >= 11 is 0. The summed E-state index contributed by atoms with van der Waals surface area (Å²) in [6.45, 7) is 5.21. The van der Waals surface area contributed by atoms with Gasteiger partial charge in [0.25, 0.3) is 0 Å². The largest absolute Gasteiger partial charge is 0.330 e. The maximum Gasteiger partial charge on any atom is -0.00713 e. The van der Waals surface area contributed by atoms with E-state index in [9.17, 15) is 0 Å². The van der Waals surface area contributed by atoms with Crippen LogP contribution < -0.4 is 5.73 Å². The van der Waals surface area contributed by atoms with Gasteiger partial charge in [0.15, 0.2) is 0 Å². The monoisotopic (exact) mass is 231 g/mol. The first kappa shape index (κ1) is 12.6. The first-order valence-corrected chi connectivity index (χ1v) is 6.99. The predicted octanol–water partition coefficient (Wildman–Crippen LogP) is 3.93. The van der Waals surface area contributed by atoms with E-state index in [-0.39, 0.29) is 0 Å². The van der Waals surface area contributed by atoms with E-state index in [1.54, 1.807) is 0 Å². The highest BCUT2D eigenvalue weighted by Gasteiger charge is 2.25. The Morgan fingerprint density at radius 3 is 2.24 bits per heavy atom. The zero-order chi connectivity index (χ0) is 12.3. The fraction of sp³-hybridized carbons (Fsp3) is 0.625. The second-order valence-electron chi connectivity index (χ2n) is 5.65. The minimum atomic E-state index is 0.695. The van der Waals surface area contributed by atoms with Gasteiger partial charge in [-0.15, -0.1) is 0 Å². The smallest absolute Gasteiger partial charge is 0.00713 e. The van der Waals surface area contributed by atoms with Crippen LogP contribution in [0.4, 0.5) is 0 Å². The Hall–Kier alpha value is -0.820. The van der Waals surface area contributed by atoms with Crippen LogP contribution in [0, 0.1) is 19.8 Å². The molecule has 0 saturated heterocycles. The molecule has 2 rings (SSSR count). The summed E-state index contributed by atoms with van der Waals surface area (Å²) in [5.41, 5.74) is 10.1. The van der Waals surface area contributed by atoms with Gasteiger partial charge in [-0.05, 0) is 57.1 Å². The lowest BCUT2D eigenvalue weighted by Crippen LogP contribution is -2.15. The number of rotatable bonds is 4. The number of nitrogens with two attached hydrogens (primary N) is 1. The molecule has 1 atom stereocenters. The number of hydrogen-bond acceptors (Lipinski definition) is 1. The first-order valence-electron chi connectivity index (χ1n) is 6.99. The highest BCUT2D eigenvalue weighted by molar-refractivity contribution is 5.31. The van der Waals surface area contributed by atoms with Gasteiger partial charge in [0.2, 0.25) is 0 Å². The van der Waals surface area contributed by atoms with E-state index in [0.717, 1.165) is 18.9 Å². The Morgan fingerprint density at radius 1 is 1.12 bits per heavy atom. The standard InChI is InChI=1S/C16H25N/c1-12-9-13(2)11-15(10-12)16(7-8-17)14-5-3-4-6-14/h9-11,14,16H,3-8,17H2,1-2H3. The molecule has 0 heterocycles. The fourth-order valence-electron chi connectivity index (χ4n) is 3.44. The lowest BCUT2D eigenvalue weighted by atomic mass is 9.81. The van der Waals surface area contributed by atoms with Crippen LogP contribution >= 0.6 is 0 Å². The van der Waals surface area contributed by atoms with Crippen molar-refractivity contribution in [3.05, 3.63) is 34.9 Å². The quantitative estimate of drug-likeness (QED) is 0.835. The highest BCUT2D eigenvalue weighted by atomic mass is 14.5. The van der Waals surface area contributed by atoms with E-state index in [0.29, 0.717) is 5.92 Å². The van der Waals surface area contributed by atoms with E-state index in [2.05, 4.69) is 32.0 Å². The third kappa shape index (κ3) is 3.10. The lowest BCUT2D eigenvalue weighted by molar-refractivity contribution is 0.415. The molecular formula is C16H25N. The van der Waals surface area contributed by atoms with Crippen molar-refractivity contribution in [1.82, 2.24) is 0 Å². The molecule has 0 spiro atoms. The molecule has 1 fully saturated rings. The average Bonchev–Trinajstić information content (AvgIpc) is 2.77. The SMILES string of the molecule is Cc1cc(C)cc(C(CCN)C2CCCC2)c1. The molecule has 94 valence electrons. The average molecular weight is 231 g/mol. The van der Waals surface area contributed by atoms with Gasteiger partial charge in [-0.3, -0.25) is 0 Å². The maximum absolute atomic E-state index is 5.81. The molecule has 1 aromatic rings. The Labute approximate surface area is 105 Å². The van der Waals surface area contributed by atoms with Crippen LogP contribution in [0.1, 0.15) is 54.7 Å². The van der Waals surface area contributed by atoms with Crippen molar-refractivity contribution < 1.29 is 0 Å². The van der Waals surface area contributed by atoms with Crippen molar-refractivity contribution in [3.8, 4) is 0 Å². The van der Waals surface area contributed by atoms with Crippen LogP contribution in [-0.2, 0) is 0 Å². The molecule has 0 aromatic heterocycles. The summed E-state index contributed by atoms with van der Waals surface area (Å²) in [5, 5.41) is 0. The molecule has 1 saturated carbocycles. The van der Waals surface area contributed by atoms with Crippen molar-refractivity contribution in [2.75, 3.05) is 6.54 Å².